The highest BCUT2D eigenvalue weighted by Gasteiger charge is 2.27. The monoisotopic (exact) mass is 501 g/mol. The second-order valence-corrected chi connectivity index (χ2v) is 10.5. The molecule has 0 spiro atoms. The first-order chi connectivity index (χ1) is 14.3. The minimum absolute atomic E-state index is 0.0145. The number of piperidine rings is 1. The van der Waals surface area contributed by atoms with Gasteiger partial charge in [-0.25, -0.2) is 22.3 Å². The Labute approximate surface area is 185 Å². The number of halogens is 1. The van der Waals surface area contributed by atoms with Crippen LogP contribution in [0.1, 0.15) is 25.7 Å². The fraction of sp³-hybridized carbons (Fsp3) is 0.579. The molecular formula is C19H28BrN5O4S. The zero-order chi connectivity index (χ0) is 21.6. The highest BCUT2D eigenvalue weighted by molar-refractivity contribution is 9.10. The number of urea groups is 2. The minimum atomic E-state index is -3.08. The van der Waals surface area contributed by atoms with Gasteiger partial charge in [-0.05, 0) is 49.9 Å². The first-order valence-electron chi connectivity index (χ1n) is 10.2. The van der Waals surface area contributed by atoms with E-state index in [1.165, 1.54) is 4.31 Å². The molecule has 0 aromatic heterocycles. The van der Waals surface area contributed by atoms with Gasteiger partial charge in [-0.1, -0.05) is 15.9 Å². The van der Waals surface area contributed by atoms with Crippen LogP contribution >= 0.6 is 15.9 Å². The van der Waals surface area contributed by atoms with Crippen molar-refractivity contribution in [3.63, 3.8) is 0 Å². The first-order valence-corrected chi connectivity index (χ1v) is 12.6. The lowest BCUT2D eigenvalue weighted by molar-refractivity contribution is 0.187. The number of rotatable bonds is 6. The lowest BCUT2D eigenvalue weighted by Crippen LogP contribution is -2.50. The maximum Gasteiger partial charge on any atom is 0.321 e. The molecule has 2 saturated heterocycles. The molecule has 1 aromatic rings. The number of nitrogens with zero attached hydrogens (tertiary/aromatic N) is 2. The summed E-state index contributed by atoms with van der Waals surface area (Å²) < 4.78 is 25.9. The van der Waals surface area contributed by atoms with Crippen LogP contribution in [0.4, 0.5) is 15.3 Å². The van der Waals surface area contributed by atoms with E-state index in [1.54, 1.807) is 4.90 Å². The molecule has 2 aliphatic rings. The van der Waals surface area contributed by atoms with Gasteiger partial charge in [0.15, 0.2) is 0 Å². The molecule has 0 atom stereocenters. The second-order valence-electron chi connectivity index (χ2n) is 7.52. The Morgan fingerprint density at radius 2 is 1.80 bits per heavy atom. The smallest absolute Gasteiger partial charge is 0.321 e. The summed E-state index contributed by atoms with van der Waals surface area (Å²) in [6, 6.07) is 7.03. The molecule has 9 nitrogen and oxygen atoms in total. The molecule has 11 heteroatoms. The zero-order valence-corrected chi connectivity index (χ0v) is 19.2. The van der Waals surface area contributed by atoms with Gasteiger partial charge in [0.25, 0.3) is 0 Å². The Bertz CT molecular complexity index is 841. The fourth-order valence-corrected chi connectivity index (χ4v) is 5.43. The fourth-order valence-electron chi connectivity index (χ4n) is 3.60. The maximum atomic E-state index is 12.4. The summed E-state index contributed by atoms with van der Waals surface area (Å²) in [5.74, 6) is 0.223. The van der Waals surface area contributed by atoms with Crippen LogP contribution in [-0.2, 0) is 10.0 Å². The molecular weight excluding hydrogens is 474 g/mol. The number of anilines is 1. The normalized spacial score (nSPS) is 19.4. The molecule has 0 bridgehead atoms. The largest absolute Gasteiger partial charge is 0.338 e. The third kappa shape index (κ3) is 6.58. The van der Waals surface area contributed by atoms with Crippen molar-refractivity contribution in [2.75, 3.05) is 43.8 Å². The van der Waals surface area contributed by atoms with Crippen LogP contribution < -0.4 is 16.0 Å². The summed E-state index contributed by atoms with van der Waals surface area (Å²) >= 11 is 3.36. The lowest BCUT2D eigenvalue weighted by atomic mass is 10.1. The summed E-state index contributed by atoms with van der Waals surface area (Å²) in [6.07, 6.45) is 2.64. The number of amides is 4. The molecule has 2 fully saturated rings. The average Bonchev–Trinajstić information content (AvgIpc) is 3.05. The predicted molar refractivity (Wildman–Crippen MR) is 119 cm³/mol. The van der Waals surface area contributed by atoms with Crippen molar-refractivity contribution < 1.29 is 18.0 Å². The van der Waals surface area contributed by atoms with E-state index < -0.39 is 10.0 Å². The number of nitrogens with one attached hydrogen (secondary N) is 3. The number of sulfonamides is 1. The molecule has 2 aliphatic heterocycles. The Morgan fingerprint density at radius 1 is 1.10 bits per heavy atom. The Morgan fingerprint density at radius 3 is 2.43 bits per heavy atom. The van der Waals surface area contributed by atoms with E-state index in [-0.39, 0.29) is 23.9 Å². The van der Waals surface area contributed by atoms with E-state index >= 15 is 0 Å². The quantitative estimate of drug-likeness (QED) is 0.518. The highest BCUT2D eigenvalue weighted by Crippen LogP contribution is 2.16. The van der Waals surface area contributed by atoms with Crippen LogP contribution in [0.5, 0.6) is 0 Å². The molecule has 30 heavy (non-hydrogen) atoms. The molecule has 0 unspecified atom stereocenters. The van der Waals surface area contributed by atoms with Crippen molar-refractivity contribution in [3.05, 3.63) is 28.7 Å². The molecule has 4 amide bonds. The van der Waals surface area contributed by atoms with E-state index in [0.717, 1.165) is 10.2 Å². The van der Waals surface area contributed by atoms with Gasteiger partial charge in [-0.15, -0.1) is 0 Å². The van der Waals surface area contributed by atoms with Crippen molar-refractivity contribution in [1.29, 1.82) is 0 Å². The van der Waals surface area contributed by atoms with Gasteiger partial charge in [0.1, 0.15) is 0 Å². The standard InChI is InChI=1S/C19H28BrN5O4S/c20-15-3-5-16(6-4-15)23-19(27)24-12-7-17(8-13-24)22-18(26)21-9-1-10-25-11-2-14-30(25,28)29/h3-6,17H,1-2,7-14H2,(H,23,27)(H2,21,22,26). The third-order valence-electron chi connectivity index (χ3n) is 5.29. The first kappa shape index (κ1) is 22.8. The van der Waals surface area contributed by atoms with Crippen molar-refractivity contribution in [1.82, 2.24) is 19.8 Å². The van der Waals surface area contributed by atoms with Crippen LogP contribution in [0.2, 0.25) is 0 Å². The third-order valence-corrected chi connectivity index (χ3v) is 7.77. The number of hydrogen-bond donors (Lipinski definition) is 3. The van der Waals surface area contributed by atoms with Gasteiger partial charge in [0.05, 0.1) is 5.75 Å². The van der Waals surface area contributed by atoms with Crippen LogP contribution in [-0.4, -0.2) is 74.2 Å². The molecule has 0 aliphatic carbocycles. The SMILES string of the molecule is O=C(NCCCN1CCCS1(=O)=O)NC1CCN(C(=O)Nc2ccc(Br)cc2)CC1. The summed E-state index contributed by atoms with van der Waals surface area (Å²) in [6.45, 7) is 2.57. The molecule has 2 heterocycles. The Hall–Kier alpha value is -1.85. The van der Waals surface area contributed by atoms with Crippen molar-refractivity contribution in [2.24, 2.45) is 0 Å². The summed E-state index contributed by atoms with van der Waals surface area (Å²) in [5.41, 5.74) is 0.740. The molecule has 0 saturated carbocycles. The van der Waals surface area contributed by atoms with Crippen molar-refractivity contribution >= 4 is 43.7 Å². The number of carbonyl (C=O) groups is 2. The summed E-state index contributed by atoms with van der Waals surface area (Å²) in [5, 5.41) is 8.59. The van der Waals surface area contributed by atoms with E-state index in [0.29, 0.717) is 58.4 Å². The lowest BCUT2D eigenvalue weighted by Gasteiger charge is -2.32. The number of carbonyl (C=O) groups excluding carboxylic acids is 2. The maximum absolute atomic E-state index is 12.4. The Kier molecular flexibility index (Phi) is 7.95. The second kappa shape index (κ2) is 10.5. The van der Waals surface area contributed by atoms with Crippen LogP contribution in [0.25, 0.3) is 0 Å². The molecule has 166 valence electrons. The van der Waals surface area contributed by atoms with E-state index in [1.807, 2.05) is 24.3 Å². The van der Waals surface area contributed by atoms with E-state index in [2.05, 4.69) is 31.9 Å². The zero-order valence-electron chi connectivity index (χ0n) is 16.8. The van der Waals surface area contributed by atoms with E-state index in [9.17, 15) is 18.0 Å². The van der Waals surface area contributed by atoms with E-state index in [4.69, 9.17) is 0 Å². The minimum Gasteiger partial charge on any atom is -0.338 e. The molecule has 3 rings (SSSR count). The van der Waals surface area contributed by atoms with Gasteiger partial charge in [0.2, 0.25) is 10.0 Å². The topological polar surface area (TPSA) is 111 Å². The van der Waals surface area contributed by atoms with Gasteiger partial charge >= 0.3 is 12.1 Å². The van der Waals surface area contributed by atoms with Crippen LogP contribution in [0, 0.1) is 0 Å². The Balaban J connectivity index is 1.30. The number of hydrogen-bond acceptors (Lipinski definition) is 4. The molecule has 3 N–H and O–H groups in total. The highest BCUT2D eigenvalue weighted by atomic mass is 79.9. The van der Waals surface area contributed by atoms with Gasteiger partial charge in [-0.2, -0.15) is 0 Å². The van der Waals surface area contributed by atoms with Gasteiger partial charge in [0, 0.05) is 48.9 Å². The van der Waals surface area contributed by atoms with Crippen molar-refractivity contribution in [2.45, 2.75) is 31.7 Å². The predicted octanol–water partition coefficient (Wildman–Crippen LogP) is 2.17. The number of benzene rings is 1. The summed E-state index contributed by atoms with van der Waals surface area (Å²) in [7, 11) is -3.08. The average molecular weight is 502 g/mol. The summed E-state index contributed by atoms with van der Waals surface area (Å²) in [4.78, 5) is 26.2. The van der Waals surface area contributed by atoms with Crippen LogP contribution in [0.3, 0.4) is 0 Å². The van der Waals surface area contributed by atoms with Crippen LogP contribution in [0.15, 0.2) is 28.7 Å². The molecule has 1 aromatic carbocycles. The molecule has 0 radical (unpaired) electrons. The number of likely N-dealkylation sites (tertiary alicyclic amines) is 1. The van der Waals surface area contributed by atoms with Gasteiger partial charge < -0.3 is 20.9 Å². The van der Waals surface area contributed by atoms with Gasteiger partial charge in [-0.3, -0.25) is 0 Å². The van der Waals surface area contributed by atoms with Crippen molar-refractivity contribution in [3.8, 4) is 0 Å².